The first-order chi connectivity index (χ1) is 8.66. The molecule has 0 aliphatic carbocycles. The third kappa shape index (κ3) is 3.29. The van der Waals surface area contributed by atoms with Crippen molar-refractivity contribution >= 4 is 5.84 Å². The molecule has 0 atom stereocenters. The van der Waals surface area contributed by atoms with Crippen molar-refractivity contribution in [2.24, 2.45) is 5.73 Å². The van der Waals surface area contributed by atoms with Gasteiger partial charge in [0.25, 0.3) is 0 Å². The molecular formula is C14H20FN3. The van der Waals surface area contributed by atoms with Crippen LogP contribution in [0.2, 0.25) is 0 Å². The fourth-order valence-electron chi connectivity index (χ4n) is 2.38. The summed E-state index contributed by atoms with van der Waals surface area (Å²) in [5.74, 6) is -0.345. The van der Waals surface area contributed by atoms with Gasteiger partial charge >= 0.3 is 0 Å². The van der Waals surface area contributed by atoms with Gasteiger partial charge in [0.05, 0.1) is 0 Å². The maximum absolute atomic E-state index is 13.9. The van der Waals surface area contributed by atoms with E-state index in [2.05, 4.69) is 4.90 Å². The number of hydrogen-bond acceptors (Lipinski definition) is 2. The van der Waals surface area contributed by atoms with Gasteiger partial charge in [-0.2, -0.15) is 0 Å². The number of benzene rings is 1. The molecule has 2 rings (SSSR count). The van der Waals surface area contributed by atoms with Crippen LogP contribution in [0.4, 0.5) is 4.39 Å². The summed E-state index contributed by atoms with van der Waals surface area (Å²) in [6, 6.07) is 4.82. The molecule has 1 aliphatic heterocycles. The number of rotatable bonds is 3. The molecule has 1 saturated heterocycles. The first-order valence-electron chi connectivity index (χ1n) is 6.52. The van der Waals surface area contributed by atoms with Crippen LogP contribution in [0.25, 0.3) is 0 Å². The molecule has 1 aromatic carbocycles. The van der Waals surface area contributed by atoms with Crippen molar-refractivity contribution in [2.75, 3.05) is 13.1 Å². The van der Waals surface area contributed by atoms with Gasteiger partial charge < -0.3 is 5.73 Å². The number of amidine groups is 1. The van der Waals surface area contributed by atoms with Gasteiger partial charge in [-0.1, -0.05) is 25.0 Å². The molecule has 4 heteroatoms. The van der Waals surface area contributed by atoms with Gasteiger partial charge in [-0.25, -0.2) is 4.39 Å². The van der Waals surface area contributed by atoms with Gasteiger partial charge in [-0.3, -0.25) is 10.3 Å². The van der Waals surface area contributed by atoms with E-state index < -0.39 is 0 Å². The summed E-state index contributed by atoms with van der Waals surface area (Å²) in [5.41, 5.74) is 6.49. The van der Waals surface area contributed by atoms with E-state index in [-0.39, 0.29) is 11.7 Å². The Labute approximate surface area is 107 Å². The number of hydrogen-bond donors (Lipinski definition) is 2. The normalized spacial score (nSPS) is 17.4. The lowest BCUT2D eigenvalue weighted by molar-refractivity contribution is 0.273. The zero-order valence-corrected chi connectivity index (χ0v) is 10.6. The number of likely N-dealkylation sites (tertiary alicyclic amines) is 1. The molecule has 1 aromatic rings. The number of nitrogens with one attached hydrogen (secondary N) is 1. The first kappa shape index (κ1) is 13.0. The van der Waals surface area contributed by atoms with Crippen LogP contribution in [0, 0.1) is 11.2 Å². The number of halogens is 1. The maximum Gasteiger partial charge on any atom is 0.128 e. The highest BCUT2D eigenvalue weighted by Gasteiger charge is 2.12. The van der Waals surface area contributed by atoms with Crippen molar-refractivity contribution < 1.29 is 4.39 Å². The quantitative estimate of drug-likeness (QED) is 0.638. The van der Waals surface area contributed by atoms with Crippen LogP contribution in [0.3, 0.4) is 0 Å². The van der Waals surface area contributed by atoms with Crippen LogP contribution in [-0.2, 0) is 6.54 Å². The zero-order valence-electron chi connectivity index (χ0n) is 10.6. The Morgan fingerprint density at radius 2 is 1.89 bits per heavy atom. The standard InChI is InChI=1S/C14H20FN3/c15-13-9-11(14(16)17)5-6-12(13)10-18-7-3-1-2-4-8-18/h5-6,9H,1-4,7-8,10H2,(H3,16,17). The van der Waals surface area contributed by atoms with E-state index in [1.807, 2.05) is 0 Å². The fourth-order valence-corrected chi connectivity index (χ4v) is 2.38. The predicted molar refractivity (Wildman–Crippen MR) is 71.2 cm³/mol. The van der Waals surface area contributed by atoms with Gasteiger partial charge in [0.1, 0.15) is 11.7 Å². The smallest absolute Gasteiger partial charge is 0.128 e. The average molecular weight is 249 g/mol. The molecule has 18 heavy (non-hydrogen) atoms. The van der Waals surface area contributed by atoms with Gasteiger partial charge in [0.15, 0.2) is 0 Å². The van der Waals surface area contributed by atoms with Gasteiger partial charge in [0, 0.05) is 17.7 Å². The molecule has 0 saturated carbocycles. The minimum Gasteiger partial charge on any atom is -0.384 e. The number of nitrogens with two attached hydrogens (primary N) is 1. The molecule has 3 nitrogen and oxygen atoms in total. The Balaban J connectivity index is 2.06. The highest BCUT2D eigenvalue weighted by atomic mass is 19.1. The topological polar surface area (TPSA) is 53.1 Å². The van der Waals surface area contributed by atoms with E-state index in [9.17, 15) is 4.39 Å². The van der Waals surface area contributed by atoms with E-state index in [1.165, 1.54) is 31.7 Å². The molecule has 3 N–H and O–H groups in total. The largest absolute Gasteiger partial charge is 0.384 e. The van der Waals surface area contributed by atoms with Gasteiger partial charge in [-0.15, -0.1) is 0 Å². The molecular weight excluding hydrogens is 229 g/mol. The predicted octanol–water partition coefficient (Wildman–Crippen LogP) is 2.49. The van der Waals surface area contributed by atoms with Crippen molar-refractivity contribution in [3.8, 4) is 0 Å². The average Bonchev–Trinajstić information content (AvgIpc) is 2.60. The number of nitrogens with zero attached hydrogens (tertiary/aromatic N) is 1. The Morgan fingerprint density at radius 1 is 1.22 bits per heavy atom. The van der Waals surface area contributed by atoms with Crippen molar-refractivity contribution in [3.05, 3.63) is 35.1 Å². The summed E-state index contributed by atoms with van der Waals surface area (Å²) < 4.78 is 13.9. The molecule has 0 spiro atoms. The lowest BCUT2D eigenvalue weighted by atomic mass is 10.1. The lowest BCUT2D eigenvalue weighted by Gasteiger charge is -2.20. The summed E-state index contributed by atoms with van der Waals surface area (Å²) in [4.78, 5) is 2.30. The van der Waals surface area contributed by atoms with E-state index in [0.29, 0.717) is 17.7 Å². The first-order valence-corrected chi connectivity index (χ1v) is 6.52. The van der Waals surface area contributed by atoms with Gasteiger partial charge in [-0.05, 0) is 32.0 Å². The summed E-state index contributed by atoms with van der Waals surface area (Å²) in [6.07, 6.45) is 4.96. The number of nitrogen functional groups attached to an aromatic ring is 1. The molecule has 0 radical (unpaired) electrons. The van der Waals surface area contributed by atoms with E-state index in [0.717, 1.165) is 13.1 Å². The Bertz CT molecular complexity index is 423. The third-order valence-corrected chi connectivity index (χ3v) is 3.46. The molecule has 1 aliphatic rings. The zero-order chi connectivity index (χ0) is 13.0. The molecule has 1 heterocycles. The summed E-state index contributed by atoms with van der Waals surface area (Å²) >= 11 is 0. The monoisotopic (exact) mass is 249 g/mol. The van der Waals surface area contributed by atoms with E-state index in [1.54, 1.807) is 12.1 Å². The second-order valence-electron chi connectivity index (χ2n) is 4.91. The highest BCUT2D eigenvalue weighted by Crippen LogP contribution is 2.16. The molecule has 98 valence electrons. The molecule has 1 fully saturated rings. The van der Waals surface area contributed by atoms with E-state index in [4.69, 9.17) is 11.1 Å². The van der Waals surface area contributed by atoms with Crippen LogP contribution in [0.15, 0.2) is 18.2 Å². The van der Waals surface area contributed by atoms with Crippen LogP contribution in [-0.4, -0.2) is 23.8 Å². The molecule has 0 amide bonds. The summed E-state index contributed by atoms with van der Waals surface area (Å²) in [7, 11) is 0. The SMILES string of the molecule is N=C(N)c1ccc(CN2CCCCCC2)c(F)c1. The van der Waals surface area contributed by atoms with Crippen LogP contribution < -0.4 is 5.73 Å². The lowest BCUT2D eigenvalue weighted by Crippen LogP contribution is -2.24. The van der Waals surface area contributed by atoms with Crippen molar-refractivity contribution in [3.63, 3.8) is 0 Å². The maximum atomic E-state index is 13.9. The van der Waals surface area contributed by atoms with Crippen molar-refractivity contribution in [1.29, 1.82) is 5.41 Å². The van der Waals surface area contributed by atoms with E-state index >= 15 is 0 Å². The minimum absolute atomic E-state index is 0.0878. The fraction of sp³-hybridized carbons (Fsp3) is 0.500. The van der Waals surface area contributed by atoms with Crippen LogP contribution >= 0.6 is 0 Å². The van der Waals surface area contributed by atoms with Crippen LogP contribution in [0.5, 0.6) is 0 Å². The summed E-state index contributed by atoms with van der Waals surface area (Å²) in [5, 5.41) is 7.28. The second kappa shape index (κ2) is 5.96. The second-order valence-corrected chi connectivity index (χ2v) is 4.91. The Morgan fingerprint density at radius 3 is 2.44 bits per heavy atom. The highest BCUT2D eigenvalue weighted by molar-refractivity contribution is 5.94. The third-order valence-electron chi connectivity index (χ3n) is 3.46. The van der Waals surface area contributed by atoms with Crippen LogP contribution in [0.1, 0.15) is 36.8 Å². The minimum atomic E-state index is -0.257. The van der Waals surface area contributed by atoms with Gasteiger partial charge in [0.2, 0.25) is 0 Å². The Kier molecular flexibility index (Phi) is 4.31. The van der Waals surface area contributed by atoms with Crippen molar-refractivity contribution in [1.82, 2.24) is 4.90 Å². The molecule has 0 aromatic heterocycles. The van der Waals surface area contributed by atoms with Crippen molar-refractivity contribution in [2.45, 2.75) is 32.2 Å². The molecule has 0 unspecified atom stereocenters. The summed E-state index contributed by atoms with van der Waals surface area (Å²) in [6.45, 7) is 2.76. The molecule has 0 bridgehead atoms. The Hall–Kier alpha value is -1.42.